The Bertz CT molecular complexity index is 982. The van der Waals surface area contributed by atoms with E-state index in [9.17, 15) is 9.90 Å². The van der Waals surface area contributed by atoms with E-state index in [-0.39, 0.29) is 17.8 Å². The molecule has 0 radical (unpaired) electrons. The molecule has 7 nitrogen and oxygen atoms in total. The molecule has 2 aromatic heterocycles. The normalized spacial score (nSPS) is 14.8. The number of carbonyl (C=O) groups is 1. The first-order chi connectivity index (χ1) is 13.6. The van der Waals surface area contributed by atoms with Gasteiger partial charge < -0.3 is 21.1 Å². The Labute approximate surface area is 166 Å². The maximum Gasteiger partial charge on any atom is 0.275 e. The van der Waals surface area contributed by atoms with Crippen LogP contribution in [0.2, 0.25) is 0 Å². The van der Waals surface area contributed by atoms with Crippen molar-refractivity contribution in [2.45, 2.75) is 18.9 Å². The molecule has 1 fully saturated rings. The van der Waals surface area contributed by atoms with Gasteiger partial charge in [-0.25, -0.2) is 9.97 Å². The summed E-state index contributed by atoms with van der Waals surface area (Å²) < 4.78 is 0. The number of amides is 1. The first kappa shape index (κ1) is 18.4. The molecule has 1 amide bonds. The Morgan fingerprint density at radius 1 is 1.25 bits per heavy atom. The molecule has 0 saturated carbocycles. The van der Waals surface area contributed by atoms with Crippen LogP contribution in [-0.2, 0) is 0 Å². The summed E-state index contributed by atoms with van der Waals surface area (Å²) in [5.41, 5.74) is 8.83. The highest BCUT2D eigenvalue weighted by Gasteiger charge is 2.20. The summed E-state index contributed by atoms with van der Waals surface area (Å²) in [6, 6.07) is 11.3. The van der Waals surface area contributed by atoms with Crippen LogP contribution in [0.4, 0.5) is 11.4 Å². The third-order valence-electron chi connectivity index (χ3n) is 4.76. The van der Waals surface area contributed by atoms with E-state index in [1.807, 2.05) is 24.3 Å². The van der Waals surface area contributed by atoms with Crippen LogP contribution >= 0.6 is 11.3 Å². The van der Waals surface area contributed by atoms with Gasteiger partial charge in [0.1, 0.15) is 10.7 Å². The van der Waals surface area contributed by atoms with Crippen molar-refractivity contribution in [1.29, 1.82) is 0 Å². The number of pyridine rings is 1. The van der Waals surface area contributed by atoms with Gasteiger partial charge in [-0.1, -0.05) is 12.1 Å². The second kappa shape index (κ2) is 7.95. The van der Waals surface area contributed by atoms with Gasteiger partial charge in [-0.15, -0.1) is 11.3 Å². The van der Waals surface area contributed by atoms with Crippen LogP contribution < -0.4 is 16.0 Å². The van der Waals surface area contributed by atoms with Crippen LogP contribution in [0.3, 0.4) is 0 Å². The topological polar surface area (TPSA) is 104 Å². The van der Waals surface area contributed by atoms with E-state index in [1.165, 1.54) is 23.6 Å². The minimum atomic E-state index is -0.262. The summed E-state index contributed by atoms with van der Waals surface area (Å²) in [7, 11) is 0. The van der Waals surface area contributed by atoms with E-state index in [0.717, 1.165) is 42.9 Å². The lowest BCUT2D eigenvalue weighted by molar-refractivity contribution is 0.102. The predicted molar refractivity (Wildman–Crippen MR) is 111 cm³/mol. The molecule has 144 valence electrons. The number of benzene rings is 1. The minimum Gasteiger partial charge on any atom is -0.493 e. The van der Waals surface area contributed by atoms with Gasteiger partial charge in [0.25, 0.3) is 5.91 Å². The van der Waals surface area contributed by atoms with Gasteiger partial charge in [0.05, 0.1) is 11.4 Å². The van der Waals surface area contributed by atoms with Crippen molar-refractivity contribution in [3.8, 4) is 16.5 Å². The molecule has 1 saturated heterocycles. The average Bonchev–Trinajstić information content (AvgIpc) is 3.20. The maximum absolute atomic E-state index is 12.7. The van der Waals surface area contributed by atoms with Gasteiger partial charge in [-0.3, -0.25) is 4.79 Å². The fraction of sp³-hybridized carbons (Fsp3) is 0.250. The number of rotatable bonds is 4. The van der Waals surface area contributed by atoms with Crippen LogP contribution in [0.1, 0.15) is 23.3 Å². The van der Waals surface area contributed by atoms with E-state index >= 15 is 0 Å². The van der Waals surface area contributed by atoms with E-state index in [0.29, 0.717) is 10.7 Å². The van der Waals surface area contributed by atoms with Crippen molar-refractivity contribution < 1.29 is 9.90 Å². The summed E-state index contributed by atoms with van der Waals surface area (Å²) >= 11 is 1.35. The van der Waals surface area contributed by atoms with Crippen molar-refractivity contribution in [3.05, 3.63) is 53.7 Å². The largest absolute Gasteiger partial charge is 0.493 e. The lowest BCUT2D eigenvalue weighted by atomic mass is 10.0. The molecule has 4 N–H and O–H groups in total. The van der Waals surface area contributed by atoms with Crippen molar-refractivity contribution in [2.75, 3.05) is 23.3 Å². The highest BCUT2D eigenvalue weighted by molar-refractivity contribution is 7.13. The highest BCUT2D eigenvalue weighted by Crippen LogP contribution is 2.29. The summed E-state index contributed by atoms with van der Waals surface area (Å²) in [4.78, 5) is 23.2. The number of hydrogen-bond acceptors (Lipinski definition) is 7. The Morgan fingerprint density at radius 2 is 2.04 bits per heavy atom. The molecule has 0 bridgehead atoms. The summed E-state index contributed by atoms with van der Waals surface area (Å²) in [6.07, 6.45) is 3.39. The highest BCUT2D eigenvalue weighted by atomic mass is 32.1. The lowest BCUT2D eigenvalue weighted by Gasteiger charge is -2.33. The zero-order valence-corrected chi connectivity index (χ0v) is 16.0. The molecule has 0 aliphatic carbocycles. The molecule has 0 atom stereocenters. The van der Waals surface area contributed by atoms with E-state index in [4.69, 9.17) is 5.73 Å². The number of para-hydroxylation sites is 2. The second-order valence-corrected chi connectivity index (χ2v) is 7.59. The number of hydrogen-bond donors (Lipinski definition) is 3. The van der Waals surface area contributed by atoms with Gasteiger partial charge in [0.2, 0.25) is 5.88 Å². The van der Waals surface area contributed by atoms with E-state index < -0.39 is 0 Å². The quantitative estimate of drug-likeness (QED) is 0.627. The molecule has 3 aromatic rings. The Balaban J connectivity index is 1.52. The van der Waals surface area contributed by atoms with E-state index in [2.05, 4.69) is 20.2 Å². The molecular weight excluding hydrogens is 374 g/mol. The van der Waals surface area contributed by atoms with Crippen LogP contribution in [0.25, 0.3) is 10.6 Å². The van der Waals surface area contributed by atoms with Crippen LogP contribution in [0.5, 0.6) is 5.88 Å². The molecule has 28 heavy (non-hydrogen) atoms. The third-order valence-corrected chi connectivity index (χ3v) is 5.65. The van der Waals surface area contributed by atoms with Gasteiger partial charge in [-0.05, 0) is 31.0 Å². The maximum atomic E-state index is 12.7. The number of anilines is 2. The third kappa shape index (κ3) is 3.97. The SMILES string of the molecule is NC1CCN(c2ccccc2NC(=O)c2csc(-c3ccnc(O)c3)n2)CC1. The molecule has 1 aliphatic rings. The smallest absolute Gasteiger partial charge is 0.275 e. The zero-order chi connectivity index (χ0) is 19.5. The predicted octanol–water partition coefficient (Wildman–Crippen LogP) is 3.09. The Morgan fingerprint density at radius 3 is 2.82 bits per heavy atom. The number of aromatic hydroxyl groups is 1. The number of nitrogens with one attached hydrogen (secondary N) is 1. The van der Waals surface area contributed by atoms with Crippen molar-refractivity contribution in [2.24, 2.45) is 5.73 Å². The first-order valence-electron chi connectivity index (χ1n) is 9.12. The number of piperidine rings is 1. The summed E-state index contributed by atoms with van der Waals surface area (Å²) in [6.45, 7) is 1.75. The van der Waals surface area contributed by atoms with Crippen molar-refractivity contribution in [1.82, 2.24) is 9.97 Å². The van der Waals surface area contributed by atoms with Gasteiger partial charge >= 0.3 is 0 Å². The molecule has 3 heterocycles. The Kier molecular flexibility index (Phi) is 5.23. The number of nitrogens with zero attached hydrogens (tertiary/aromatic N) is 3. The molecular formula is C20H21N5O2S. The van der Waals surface area contributed by atoms with Gasteiger partial charge in [0, 0.05) is 42.3 Å². The Hall–Kier alpha value is -2.97. The summed E-state index contributed by atoms with van der Waals surface area (Å²) in [5.74, 6) is -0.337. The van der Waals surface area contributed by atoms with Crippen LogP contribution in [-0.4, -0.2) is 40.1 Å². The zero-order valence-electron chi connectivity index (χ0n) is 15.2. The molecule has 1 aliphatic heterocycles. The standard InChI is InChI=1S/C20H21N5O2S/c21-14-6-9-25(10-7-14)17-4-2-1-3-15(17)23-19(27)16-12-28-20(24-16)13-5-8-22-18(26)11-13/h1-5,8,11-12,14H,6-7,9-10,21H2,(H,22,26)(H,23,27). The number of nitrogens with two attached hydrogens (primary N) is 1. The van der Waals surface area contributed by atoms with Crippen molar-refractivity contribution in [3.63, 3.8) is 0 Å². The number of aromatic nitrogens is 2. The molecule has 8 heteroatoms. The molecule has 0 unspecified atom stereocenters. The fourth-order valence-electron chi connectivity index (χ4n) is 3.24. The minimum absolute atomic E-state index is 0.0751. The molecule has 4 rings (SSSR count). The number of thiazole rings is 1. The van der Waals surface area contributed by atoms with Crippen LogP contribution in [0, 0.1) is 0 Å². The fourth-order valence-corrected chi connectivity index (χ4v) is 4.04. The lowest BCUT2D eigenvalue weighted by Crippen LogP contribution is -2.40. The van der Waals surface area contributed by atoms with Gasteiger partial charge in [-0.2, -0.15) is 0 Å². The second-order valence-electron chi connectivity index (χ2n) is 6.74. The van der Waals surface area contributed by atoms with Crippen molar-refractivity contribution >= 4 is 28.6 Å². The molecule has 1 aromatic carbocycles. The average molecular weight is 395 g/mol. The number of carbonyl (C=O) groups excluding carboxylic acids is 1. The first-order valence-corrected chi connectivity index (χ1v) is 10.00. The molecule has 0 spiro atoms. The van der Waals surface area contributed by atoms with Gasteiger partial charge in [0.15, 0.2) is 0 Å². The van der Waals surface area contributed by atoms with Crippen LogP contribution in [0.15, 0.2) is 48.0 Å². The monoisotopic (exact) mass is 395 g/mol. The van der Waals surface area contributed by atoms with E-state index in [1.54, 1.807) is 11.4 Å². The summed E-state index contributed by atoms with van der Waals surface area (Å²) in [5, 5.41) is 14.9.